The Hall–Kier alpha value is -2.81. The van der Waals surface area contributed by atoms with Gasteiger partial charge < -0.3 is 14.6 Å². The number of Topliss-reactive ketones (excluding diaryl/α,β-unsaturated/α-hetero) is 1. The number of carbonyl (C=O) groups is 3. The zero-order valence-corrected chi connectivity index (χ0v) is 19.0. The van der Waals surface area contributed by atoms with E-state index in [4.69, 9.17) is 16.0 Å². The van der Waals surface area contributed by atoms with Gasteiger partial charge in [-0.25, -0.2) is 0 Å². The molecule has 1 heterocycles. The van der Waals surface area contributed by atoms with E-state index in [9.17, 15) is 27.6 Å². The van der Waals surface area contributed by atoms with Crippen LogP contribution < -0.4 is 5.32 Å². The number of alkyl halides is 3. The van der Waals surface area contributed by atoms with E-state index in [0.717, 1.165) is 31.4 Å². The Kier molecular flexibility index (Phi) is 7.02. The molecule has 34 heavy (non-hydrogen) atoms. The molecule has 2 aliphatic rings. The molecule has 2 bridgehead atoms. The molecule has 0 radical (unpaired) electrons. The second kappa shape index (κ2) is 9.82. The second-order valence-electron chi connectivity index (χ2n) is 8.91. The largest absolute Gasteiger partial charge is 0.467 e. The average Bonchev–Trinajstić information content (AvgIpc) is 3.26. The maximum absolute atomic E-state index is 13.4. The standard InChI is InChI=1S/C24H24ClF3N2O4/c25-20-7-6-17(11-19(20)24(26,27)28)29-21(31)13-30(12-18-5-2-8-34-18)23(33)16-9-14-3-1-4-15(10-16)22(14)32/h2,5-8,11,14-16H,1,3-4,9-10,12-13H2,(H,29,31). The Morgan fingerprint density at radius 1 is 1.15 bits per heavy atom. The highest BCUT2D eigenvalue weighted by Gasteiger charge is 2.42. The van der Waals surface area contributed by atoms with Crippen LogP contribution in [-0.4, -0.2) is 29.0 Å². The number of carbonyl (C=O) groups excluding carboxylic acids is 3. The number of amides is 2. The van der Waals surface area contributed by atoms with E-state index in [2.05, 4.69) is 5.32 Å². The van der Waals surface area contributed by atoms with Crippen molar-refractivity contribution >= 4 is 34.9 Å². The molecular formula is C24H24ClF3N2O4. The number of nitrogens with one attached hydrogen (secondary N) is 1. The summed E-state index contributed by atoms with van der Waals surface area (Å²) in [4.78, 5) is 39.9. The van der Waals surface area contributed by atoms with Gasteiger partial charge >= 0.3 is 6.18 Å². The molecular weight excluding hydrogens is 473 g/mol. The van der Waals surface area contributed by atoms with Gasteiger partial charge in [-0.3, -0.25) is 14.4 Å². The Morgan fingerprint density at radius 3 is 2.47 bits per heavy atom. The lowest BCUT2D eigenvalue weighted by molar-refractivity contribution is -0.145. The number of anilines is 1. The van der Waals surface area contributed by atoms with Gasteiger partial charge in [-0.1, -0.05) is 18.0 Å². The van der Waals surface area contributed by atoms with E-state index in [1.807, 2.05) is 0 Å². The molecule has 2 atom stereocenters. The lowest BCUT2D eigenvalue weighted by Gasteiger charge is -2.38. The summed E-state index contributed by atoms with van der Waals surface area (Å²) in [7, 11) is 0. The molecule has 10 heteroatoms. The zero-order valence-electron chi connectivity index (χ0n) is 18.2. The van der Waals surface area contributed by atoms with Crippen LogP contribution in [-0.2, 0) is 27.1 Å². The fourth-order valence-corrected chi connectivity index (χ4v) is 5.16. The highest BCUT2D eigenvalue weighted by molar-refractivity contribution is 6.31. The highest BCUT2D eigenvalue weighted by atomic mass is 35.5. The molecule has 1 aromatic carbocycles. The molecule has 4 rings (SSSR count). The van der Waals surface area contributed by atoms with Crippen molar-refractivity contribution in [1.29, 1.82) is 0 Å². The van der Waals surface area contributed by atoms with Crippen LogP contribution in [0.3, 0.4) is 0 Å². The van der Waals surface area contributed by atoms with Crippen LogP contribution in [0.2, 0.25) is 5.02 Å². The van der Waals surface area contributed by atoms with Crippen molar-refractivity contribution in [3.63, 3.8) is 0 Å². The van der Waals surface area contributed by atoms with Gasteiger partial charge in [-0.2, -0.15) is 13.2 Å². The van der Waals surface area contributed by atoms with E-state index >= 15 is 0 Å². The van der Waals surface area contributed by atoms with Gasteiger partial charge in [-0.05, 0) is 56.0 Å². The lowest BCUT2D eigenvalue weighted by atomic mass is 9.67. The molecule has 1 aromatic heterocycles. The Morgan fingerprint density at radius 2 is 1.85 bits per heavy atom. The predicted octanol–water partition coefficient (Wildman–Crippen LogP) is 5.31. The summed E-state index contributed by atoms with van der Waals surface area (Å²) in [5.41, 5.74) is -1.14. The van der Waals surface area contributed by atoms with Crippen LogP contribution >= 0.6 is 11.6 Å². The third-order valence-electron chi connectivity index (χ3n) is 6.53. The third kappa shape index (κ3) is 5.46. The summed E-state index contributed by atoms with van der Waals surface area (Å²) in [6, 6.07) is 6.42. The SMILES string of the molecule is O=C(CN(Cc1ccco1)C(=O)C1CC2CCCC(C1)C2=O)Nc1ccc(Cl)c(C(F)(F)F)c1. The molecule has 0 aliphatic heterocycles. The van der Waals surface area contributed by atoms with Crippen LogP contribution in [0.5, 0.6) is 0 Å². The molecule has 182 valence electrons. The molecule has 0 saturated heterocycles. The molecule has 2 unspecified atom stereocenters. The average molecular weight is 497 g/mol. The summed E-state index contributed by atoms with van der Waals surface area (Å²) in [6.07, 6.45) is 0.212. The summed E-state index contributed by atoms with van der Waals surface area (Å²) >= 11 is 5.64. The fraction of sp³-hybridized carbons (Fsp3) is 0.458. The van der Waals surface area contributed by atoms with E-state index in [1.54, 1.807) is 12.1 Å². The highest BCUT2D eigenvalue weighted by Crippen LogP contribution is 2.41. The van der Waals surface area contributed by atoms with Crippen molar-refractivity contribution in [3.8, 4) is 0 Å². The summed E-state index contributed by atoms with van der Waals surface area (Å²) < 4.78 is 44.8. The number of nitrogens with zero attached hydrogens (tertiary/aromatic N) is 1. The van der Waals surface area contributed by atoms with Gasteiger partial charge in [-0.15, -0.1) is 0 Å². The maximum Gasteiger partial charge on any atom is 0.417 e. The fourth-order valence-electron chi connectivity index (χ4n) is 4.94. The predicted molar refractivity (Wildman–Crippen MR) is 118 cm³/mol. The number of benzene rings is 1. The number of ketones is 1. The summed E-state index contributed by atoms with van der Waals surface area (Å²) in [6.45, 7) is -0.337. The molecule has 1 N–H and O–H groups in total. The zero-order chi connectivity index (χ0) is 24.5. The van der Waals surface area contributed by atoms with Gasteiger partial charge in [0, 0.05) is 23.4 Å². The smallest absolute Gasteiger partial charge is 0.417 e. The monoisotopic (exact) mass is 496 g/mol. The summed E-state index contributed by atoms with van der Waals surface area (Å²) in [5.74, 6) is -0.854. The van der Waals surface area contributed by atoms with Crippen LogP contribution in [0.25, 0.3) is 0 Å². The molecule has 2 fully saturated rings. The molecule has 2 aromatic rings. The van der Waals surface area contributed by atoms with Crippen molar-refractivity contribution < 1.29 is 32.0 Å². The quantitative estimate of drug-likeness (QED) is 0.587. The Labute approximate surface area is 199 Å². The number of fused-ring (bicyclic) bond motifs is 2. The number of furan rings is 1. The lowest BCUT2D eigenvalue weighted by Crippen LogP contribution is -2.46. The number of rotatable bonds is 6. The summed E-state index contributed by atoms with van der Waals surface area (Å²) in [5, 5.41) is 1.95. The van der Waals surface area contributed by atoms with Crippen molar-refractivity contribution in [1.82, 2.24) is 4.90 Å². The first-order chi connectivity index (χ1) is 16.1. The molecule has 2 amide bonds. The Balaban J connectivity index is 1.49. The van der Waals surface area contributed by atoms with Gasteiger partial charge in [0.05, 0.1) is 23.4 Å². The van der Waals surface area contributed by atoms with Gasteiger partial charge in [0.1, 0.15) is 18.1 Å². The van der Waals surface area contributed by atoms with Crippen LogP contribution in [0, 0.1) is 17.8 Å². The van der Waals surface area contributed by atoms with Crippen molar-refractivity contribution in [3.05, 3.63) is 52.9 Å². The van der Waals surface area contributed by atoms with Gasteiger partial charge in [0.25, 0.3) is 0 Å². The minimum absolute atomic E-state index is 0.0352. The van der Waals surface area contributed by atoms with Crippen LogP contribution in [0.15, 0.2) is 41.0 Å². The Bertz CT molecular complexity index is 1050. The number of hydrogen-bond acceptors (Lipinski definition) is 4. The molecule has 0 spiro atoms. The minimum Gasteiger partial charge on any atom is -0.467 e. The third-order valence-corrected chi connectivity index (χ3v) is 6.86. The van der Waals surface area contributed by atoms with Crippen molar-refractivity contribution in [2.75, 3.05) is 11.9 Å². The first-order valence-electron chi connectivity index (χ1n) is 11.1. The van der Waals surface area contributed by atoms with E-state index in [-0.39, 0.29) is 48.2 Å². The van der Waals surface area contributed by atoms with Crippen LogP contribution in [0.1, 0.15) is 43.4 Å². The van der Waals surface area contributed by atoms with E-state index < -0.39 is 22.7 Å². The maximum atomic E-state index is 13.4. The number of hydrogen-bond donors (Lipinski definition) is 1. The molecule has 2 saturated carbocycles. The molecule has 2 aliphatic carbocycles. The first kappa shape index (κ1) is 24.3. The molecule has 6 nitrogen and oxygen atoms in total. The van der Waals surface area contributed by atoms with Gasteiger partial charge in [0.15, 0.2) is 0 Å². The second-order valence-corrected chi connectivity index (χ2v) is 9.32. The topological polar surface area (TPSA) is 79.6 Å². The van der Waals surface area contributed by atoms with Crippen molar-refractivity contribution in [2.24, 2.45) is 17.8 Å². The van der Waals surface area contributed by atoms with E-state index in [1.165, 1.54) is 17.2 Å². The van der Waals surface area contributed by atoms with Gasteiger partial charge in [0.2, 0.25) is 11.8 Å². The normalized spacial score (nSPS) is 22.4. The minimum atomic E-state index is -4.67. The van der Waals surface area contributed by atoms with E-state index in [0.29, 0.717) is 18.6 Å². The first-order valence-corrected chi connectivity index (χ1v) is 11.5. The van der Waals surface area contributed by atoms with Crippen LogP contribution in [0.4, 0.5) is 18.9 Å². The number of halogens is 4. The van der Waals surface area contributed by atoms with Crippen molar-refractivity contribution in [2.45, 2.75) is 44.8 Å².